The molecule has 0 amide bonds. The molecule has 0 saturated carbocycles. The fourth-order valence-electron chi connectivity index (χ4n) is 1.56. The van der Waals surface area contributed by atoms with Gasteiger partial charge in [-0.05, 0) is 20.0 Å². The number of aliphatic hydroxyl groups is 1. The zero-order valence-electron chi connectivity index (χ0n) is 11.2. The van der Waals surface area contributed by atoms with E-state index >= 15 is 0 Å². The molecule has 2 atom stereocenters. The lowest BCUT2D eigenvalue weighted by atomic mass is 10.1. The van der Waals surface area contributed by atoms with E-state index in [1.807, 2.05) is 6.92 Å². The summed E-state index contributed by atoms with van der Waals surface area (Å²) in [5.41, 5.74) is 0. The van der Waals surface area contributed by atoms with Gasteiger partial charge in [0.1, 0.15) is 0 Å². The zero-order valence-corrected chi connectivity index (χ0v) is 11.2. The first-order valence-corrected chi connectivity index (χ1v) is 6.31. The number of aromatic nitrogens is 2. The maximum absolute atomic E-state index is 9.44. The average molecular weight is 241 g/mol. The minimum absolute atomic E-state index is 0.107. The molecule has 1 rings (SSSR count). The zero-order chi connectivity index (χ0) is 12.8. The minimum Gasteiger partial charge on any atom is -0.393 e. The van der Waals surface area contributed by atoms with Crippen molar-refractivity contribution in [3.63, 3.8) is 0 Å². The van der Waals surface area contributed by atoms with E-state index in [9.17, 15) is 5.11 Å². The van der Waals surface area contributed by atoms with Crippen molar-refractivity contribution < 1.29 is 9.63 Å². The van der Waals surface area contributed by atoms with Gasteiger partial charge >= 0.3 is 0 Å². The summed E-state index contributed by atoms with van der Waals surface area (Å²) in [7, 11) is 0. The highest BCUT2D eigenvalue weighted by Gasteiger charge is 2.18. The molecule has 5 heteroatoms. The molecule has 1 N–H and O–H groups in total. The second-order valence-corrected chi connectivity index (χ2v) is 4.36. The van der Waals surface area contributed by atoms with Gasteiger partial charge in [-0.3, -0.25) is 0 Å². The van der Waals surface area contributed by atoms with Crippen LogP contribution in [0.1, 0.15) is 45.3 Å². The van der Waals surface area contributed by atoms with Crippen LogP contribution in [0.15, 0.2) is 4.52 Å². The van der Waals surface area contributed by atoms with Crippen LogP contribution < -0.4 is 0 Å². The fourth-order valence-corrected chi connectivity index (χ4v) is 1.56. The summed E-state index contributed by atoms with van der Waals surface area (Å²) in [6, 6.07) is 0. The van der Waals surface area contributed by atoms with Gasteiger partial charge in [0.05, 0.1) is 12.0 Å². The van der Waals surface area contributed by atoms with Gasteiger partial charge in [-0.15, -0.1) is 0 Å². The van der Waals surface area contributed by atoms with Gasteiger partial charge in [0.25, 0.3) is 0 Å². The molecule has 0 aromatic carbocycles. The molecule has 0 spiro atoms. The summed E-state index contributed by atoms with van der Waals surface area (Å²) >= 11 is 0. The lowest BCUT2D eigenvalue weighted by Gasteiger charge is -2.16. The Kier molecular flexibility index (Phi) is 5.58. The van der Waals surface area contributed by atoms with Gasteiger partial charge in [-0.25, -0.2) is 0 Å². The van der Waals surface area contributed by atoms with Crippen LogP contribution in [-0.4, -0.2) is 45.9 Å². The molecule has 0 radical (unpaired) electrons. The third-order valence-corrected chi connectivity index (χ3v) is 3.14. The second kappa shape index (κ2) is 6.71. The molecular formula is C12H23N3O2. The van der Waals surface area contributed by atoms with Crippen LogP contribution in [0.5, 0.6) is 0 Å². The Morgan fingerprint density at radius 1 is 1.29 bits per heavy atom. The third-order valence-electron chi connectivity index (χ3n) is 3.14. The van der Waals surface area contributed by atoms with E-state index in [0.29, 0.717) is 5.89 Å². The lowest BCUT2D eigenvalue weighted by molar-refractivity contribution is 0.151. The Morgan fingerprint density at radius 3 is 2.47 bits per heavy atom. The predicted molar refractivity (Wildman–Crippen MR) is 65.9 cm³/mol. The SMILES string of the molecule is CCN(CC)CCc1noc(C(C)C(C)O)n1. The molecule has 0 aliphatic heterocycles. The Labute approximate surface area is 103 Å². The van der Waals surface area contributed by atoms with Gasteiger partial charge in [-0.1, -0.05) is 25.9 Å². The van der Waals surface area contributed by atoms with Gasteiger partial charge < -0.3 is 14.5 Å². The molecule has 0 aliphatic rings. The molecular weight excluding hydrogens is 218 g/mol. The van der Waals surface area contributed by atoms with Crippen molar-refractivity contribution in [1.29, 1.82) is 0 Å². The fraction of sp³-hybridized carbons (Fsp3) is 0.833. The number of hydrogen-bond acceptors (Lipinski definition) is 5. The summed E-state index contributed by atoms with van der Waals surface area (Å²) in [6.07, 6.45) is 0.323. The molecule has 1 aromatic rings. The lowest BCUT2D eigenvalue weighted by Crippen LogP contribution is -2.25. The molecule has 17 heavy (non-hydrogen) atoms. The van der Waals surface area contributed by atoms with Crippen molar-refractivity contribution in [3.05, 3.63) is 11.7 Å². The van der Waals surface area contributed by atoms with Crippen LogP contribution in [0, 0.1) is 0 Å². The summed E-state index contributed by atoms with van der Waals surface area (Å²) in [6.45, 7) is 10.9. The van der Waals surface area contributed by atoms with Crippen LogP contribution in [0.2, 0.25) is 0 Å². The van der Waals surface area contributed by atoms with Crippen molar-refractivity contribution in [3.8, 4) is 0 Å². The molecule has 98 valence electrons. The van der Waals surface area contributed by atoms with Crippen LogP contribution in [0.4, 0.5) is 0 Å². The van der Waals surface area contributed by atoms with Crippen LogP contribution in [0.3, 0.4) is 0 Å². The van der Waals surface area contributed by atoms with Gasteiger partial charge in [-0.2, -0.15) is 4.98 Å². The van der Waals surface area contributed by atoms with Crippen LogP contribution in [0.25, 0.3) is 0 Å². The average Bonchev–Trinajstić information content (AvgIpc) is 2.78. The number of likely N-dealkylation sites (N-methyl/N-ethyl adjacent to an activating group) is 1. The predicted octanol–water partition coefficient (Wildman–Crippen LogP) is 1.44. The molecule has 0 bridgehead atoms. The van der Waals surface area contributed by atoms with E-state index in [2.05, 4.69) is 28.9 Å². The minimum atomic E-state index is -0.467. The van der Waals surface area contributed by atoms with Gasteiger partial charge in [0.2, 0.25) is 5.89 Å². The summed E-state index contributed by atoms with van der Waals surface area (Å²) in [5, 5.41) is 13.4. The largest absolute Gasteiger partial charge is 0.393 e. The summed E-state index contributed by atoms with van der Waals surface area (Å²) in [4.78, 5) is 6.62. The third kappa shape index (κ3) is 4.09. The molecule has 0 fully saturated rings. The highest BCUT2D eigenvalue weighted by atomic mass is 16.5. The highest BCUT2D eigenvalue weighted by Crippen LogP contribution is 2.16. The van der Waals surface area contributed by atoms with Gasteiger partial charge in [0, 0.05) is 13.0 Å². The van der Waals surface area contributed by atoms with Crippen molar-refractivity contribution in [1.82, 2.24) is 15.0 Å². The van der Waals surface area contributed by atoms with Crippen LogP contribution in [-0.2, 0) is 6.42 Å². The molecule has 2 unspecified atom stereocenters. The quantitative estimate of drug-likeness (QED) is 0.782. The smallest absolute Gasteiger partial charge is 0.232 e. The Morgan fingerprint density at radius 2 is 1.94 bits per heavy atom. The molecule has 0 aliphatic carbocycles. The van der Waals surface area contributed by atoms with Crippen molar-refractivity contribution in [2.45, 2.75) is 46.1 Å². The van der Waals surface area contributed by atoms with Crippen LogP contribution >= 0.6 is 0 Å². The molecule has 0 saturated heterocycles. The normalized spacial score (nSPS) is 15.2. The maximum Gasteiger partial charge on any atom is 0.232 e. The number of nitrogens with zero attached hydrogens (tertiary/aromatic N) is 3. The first-order chi connectivity index (χ1) is 8.08. The maximum atomic E-state index is 9.44. The first-order valence-electron chi connectivity index (χ1n) is 6.31. The van der Waals surface area contributed by atoms with E-state index < -0.39 is 6.10 Å². The molecule has 5 nitrogen and oxygen atoms in total. The molecule has 1 heterocycles. The summed E-state index contributed by atoms with van der Waals surface area (Å²) in [5.74, 6) is 1.14. The number of rotatable bonds is 7. The number of hydrogen-bond donors (Lipinski definition) is 1. The van der Waals surface area contributed by atoms with Crippen molar-refractivity contribution >= 4 is 0 Å². The van der Waals surface area contributed by atoms with E-state index in [0.717, 1.165) is 31.9 Å². The van der Waals surface area contributed by atoms with E-state index in [4.69, 9.17) is 4.52 Å². The van der Waals surface area contributed by atoms with Gasteiger partial charge in [0.15, 0.2) is 5.82 Å². The van der Waals surface area contributed by atoms with Crippen molar-refractivity contribution in [2.24, 2.45) is 0 Å². The monoisotopic (exact) mass is 241 g/mol. The highest BCUT2D eigenvalue weighted by molar-refractivity contribution is 4.94. The van der Waals surface area contributed by atoms with E-state index in [-0.39, 0.29) is 5.92 Å². The Bertz CT molecular complexity index is 321. The first kappa shape index (κ1) is 14.1. The summed E-state index contributed by atoms with van der Waals surface area (Å²) < 4.78 is 5.15. The van der Waals surface area contributed by atoms with E-state index in [1.165, 1.54) is 0 Å². The van der Waals surface area contributed by atoms with E-state index in [1.54, 1.807) is 6.92 Å². The standard InChI is InChI=1S/C12H23N3O2/c1-5-15(6-2)8-7-11-13-12(17-14-11)9(3)10(4)16/h9-10,16H,5-8H2,1-4H3. The number of aliphatic hydroxyl groups excluding tert-OH is 1. The Balaban J connectivity index is 2.51. The topological polar surface area (TPSA) is 62.4 Å². The Hall–Kier alpha value is -0.940. The second-order valence-electron chi connectivity index (χ2n) is 4.36. The molecule has 1 aromatic heterocycles. The van der Waals surface area contributed by atoms with Crippen molar-refractivity contribution in [2.75, 3.05) is 19.6 Å².